The van der Waals surface area contributed by atoms with Crippen LogP contribution in [0, 0.1) is 0 Å². The molecule has 0 saturated carbocycles. The molecule has 0 aromatic carbocycles. The van der Waals surface area contributed by atoms with Gasteiger partial charge in [0.25, 0.3) is 0 Å². The van der Waals surface area contributed by atoms with Crippen LogP contribution in [0.25, 0.3) is 0 Å². The first-order valence-electron chi connectivity index (χ1n) is 8.03. The molecule has 7 heteroatoms. The third-order valence-corrected chi connectivity index (χ3v) is 5.22. The second-order valence-corrected chi connectivity index (χ2v) is 6.80. The van der Waals surface area contributed by atoms with Crippen LogP contribution in [0.1, 0.15) is 44.0 Å². The van der Waals surface area contributed by atoms with E-state index in [0.29, 0.717) is 12.6 Å². The van der Waals surface area contributed by atoms with Gasteiger partial charge in [-0.1, -0.05) is 0 Å². The Bertz CT molecular complexity index is 680. The van der Waals surface area contributed by atoms with Crippen molar-refractivity contribution in [3.8, 4) is 0 Å². The number of hydrogen-bond donors (Lipinski definition) is 0. The lowest BCUT2D eigenvalue weighted by Crippen LogP contribution is -2.28. The van der Waals surface area contributed by atoms with Crippen LogP contribution in [0.15, 0.2) is 17.8 Å². The third-order valence-electron chi connectivity index (χ3n) is 4.31. The van der Waals surface area contributed by atoms with E-state index < -0.39 is 0 Å². The van der Waals surface area contributed by atoms with Crippen molar-refractivity contribution < 1.29 is 4.79 Å². The minimum Gasteiger partial charge on any atom is -0.290 e. The molecule has 2 aromatic rings. The third kappa shape index (κ3) is 3.45. The molecular weight excluding hydrogens is 310 g/mol. The molecule has 23 heavy (non-hydrogen) atoms. The number of aryl methyl sites for hydroxylation is 1. The molecule has 3 rings (SSSR count). The lowest BCUT2D eigenvalue weighted by Gasteiger charge is -2.22. The number of aromatic nitrogens is 3. The normalized spacial score (nSPS) is 18.5. The molecule has 1 amide bonds. The van der Waals surface area contributed by atoms with Crippen LogP contribution in [0.5, 0.6) is 0 Å². The minimum absolute atomic E-state index is 0.0443. The van der Waals surface area contributed by atoms with E-state index in [2.05, 4.69) is 26.6 Å². The summed E-state index contributed by atoms with van der Waals surface area (Å²) in [7, 11) is 1.95. The fourth-order valence-electron chi connectivity index (χ4n) is 3.20. The summed E-state index contributed by atoms with van der Waals surface area (Å²) in [6.07, 6.45) is 6.43. The number of nitrogens with zero attached hydrogens (tertiary/aromatic N) is 5. The maximum atomic E-state index is 11.6. The van der Waals surface area contributed by atoms with Gasteiger partial charge in [0.05, 0.1) is 11.9 Å². The summed E-state index contributed by atoms with van der Waals surface area (Å²) in [6.45, 7) is 6.12. The molecule has 0 unspecified atom stereocenters. The molecule has 1 fully saturated rings. The van der Waals surface area contributed by atoms with E-state index in [9.17, 15) is 4.79 Å². The van der Waals surface area contributed by atoms with Gasteiger partial charge in [-0.05, 0) is 26.3 Å². The maximum Gasteiger partial charge on any atom is 0.225 e. The van der Waals surface area contributed by atoms with Crippen molar-refractivity contribution in [2.75, 3.05) is 18.0 Å². The molecule has 2 aromatic heterocycles. The van der Waals surface area contributed by atoms with E-state index in [1.807, 2.05) is 24.9 Å². The Labute approximate surface area is 140 Å². The Morgan fingerprint density at radius 3 is 3.00 bits per heavy atom. The number of rotatable bonds is 5. The molecular formula is C16H23N5OS. The van der Waals surface area contributed by atoms with Crippen molar-refractivity contribution in [2.45, 2.75) is 39.3 Å². The van der Waals surface area contributed by atoms with Crippen LogP contribution in [0.4, 0.5) is 5.13 Å². The maximum absolute atomic E-state index is 11.6. The lowest BCUT2D eigenvalue weighted by molar-refractivity contribution is -0.116. The van der Waals surface area contributed by atoms with Gasteiger partial charge in [0.2, 0.25) is 5.91 Å². The molecule has 0 N–H and O–H groups in total. The predicted octanol–water partition coefficient (Wildman–Crippen LogP) is 2.59. The fraction of sp³-hybridized carbons (Fsp3) is 0.562. The number of hydrogen-bond acceptors (Lipinski definition) is 5. The molecule has 1 aliphatic rings. The predicted molar refractivity (Wildman–Crippen MR) is 91.4 cm³/mol. The van der Waals surface area contributed by atoms with Crippen molar-refractivity contribution in [1.29, 1.82) is 0 Å². The van der Waals surface area contributed by atoms with E-state index in [1.54, 1.807) is 23.2 Å². The highest BCUT2D eigenvalue weighted by atomic mass is 32.1. The van der Waals surface area contributed by atoms with E-state index in [-0.39, 0.29) is 5.91 Å². The average Bonchev–Trinajstić information content (AvgIpc) is 3.21. The fourth-order valence-corrected chi connectivity index (χ4v) is 4.12. The Balaban J connectivity index is 1.71. The first kappa shape index (κ1) is 16.1. The van der Waals surface area contributed by atoms with E-state index in [0.717, 1.165) is 30.3 Å². The van der Waals surface area contributed by atoms with Gasteiger partial charge in [0.15, 0.2) is 5.13 Å². The van der Waals surface area contributed by atoms with Crippen LogP contribution >= 0.6 is 11.3 Å². The van der Waals surface area contributed by atoms with E-state index >= 15 is 0 Å². The Morgan fingerprint density at radius 2 is 2.35 bits per heavy atom. The average molecular weight is 333 g/mol. The zero-order chi connectivity index (χ0) is 16.4. The van der Waals surface area contributed by atoms with Gasteiger partial charge >= 0.3 is 0 Å². The number of amides is 1. The number of anilines is 1. The molecule has 0 aliphatic carbocycles. The summed E-state index contributed by atoms with van der Waals surface area (Å²) < 4.78 is 1.86. The van der Waals surface area contributed by atoms with Gasteiger partial charge in [0.1, 0.15) is 0 Å². The van der Waals surface area contributed by atoms with Gasteiger partial charge in [-0.25, -0.2) is 4.98 Å². The molecule has 1 saturated heterocycles. The van der Waals surface area contributed by atoms with Gasteiger partial charge in [-0.2, -0.15) is 5.10 Å². The molecule has 1 aliphatic heterocycles. The van der Waals surface area contributed by atoms with Crippen LogP contribution in [-0.4, -0.2) is 38.7 Å². The summed E-state index contributed by atoms with van der Waals surface area (Å²) in [5, 5.41) is 7.16. The monoisotopic (exact) mass is 333 g/mol. The van der Waals surface area contributed by atoms with Crippen molar-refractivity contribution >= 4 is 22.4 Å². The standard InChI is InChI=1S/C16H23N5OS/c1-4-21(12(2)22)16-18-14(11-23-16)10-20-7-5-6-15(20)13-8-17-19(3)9-13/h8-9,11,15H,4-7,10H2,1-3H3/t15-/m1/s1. The van der Waals surface area contributed by atoms with E-state index in [4.69, 9.17) is 0 Å². The largest absolute Gasteiger partial charge is 0.290 e. The summed E-state index contributed by atoms with van der Waals surface area (Å²) in [5.74, 6) is 0.0443. The molecule has 124 valence electrons. The van der Waals surface area contributed by atoms with Gasteiger partial charge in [-0.3, -0.25) is 19.3 Å². The van der Waals surface area contributed by atoms with Crippen LogP contribution in [0.3, 0.4) is 0 Å². The summed E-state index contributed by atoms with van der Waals surface area (Å²) in [5.41, 5.74) is 2.32. The van der Waals surface area contributed by atoms with Crippen molar-refractivity contribution in [2.24, 2.45) is 7.05 Å². The number of carbonyl (C=O) groups is 1. The molecule has 1 atom stereocenters. The zero-order valence-electron chi connectivity index (χ0n) is 13.9. The second-order valence-electron chi connectivity index (χ2n) is 5.96. The minimum atomic E-state index is 0.0443. The summed E-state index contributed by atoms with van der Waals surface area (Å²) >= 11 is 1.55. The smallest absolute Gasteiger partial charge is 0.225 e. The molecule has 6 nitrogen and oxygen atoms in total. The quantitative estimate of drug-likeness (QED) is 0.844. The van der Waals surface area contributed by atoms with Crippen molar-refractivity contribution in [3.63, 3.8) is 0 Å². The Hall–Kier alpha value is -1.73. The first-order valence-corrected chi connectivity index (χ1v) is 8.91. The van der Waals surface area contributed by atoms with Gasteiger partial charge < -0.3 is 0 Å². The SMILES string of the molecule is CCN(C(C)=O)c1nc(CN2CCC[C@@H]2c2cnn(C)c2)cs1. The first-order chi connectivity index (χ1) is 11.1. The number of thiazole rings is 1. The summed E-state index contributed by atoms with van der Waals surface area (Å²) in [4.78, 5) is 20.5. The lowest BCUT2D eigenvalue weighted by atomic mass is 10.1. The van der Waals surface area contributed by atoms with Crippen LogP contribution in [0.2, 0.25) is 0 Å². The van der Waals surface area contributed by atoms with Crippen LogP contribution in [-0.2, 0) is 18.4 Å². The molecule has 3 heterocycles. The topological polar surface area (TPSA) is 54.3 Å². The highest BCUT2D eigenvalue weighted by Gasteiger charge is 2.27. The highest BCUT2D eigenvalue weighted by molar-refractivity contribution is 7.14. The van der Waals surface area contributed by atoms with Crippen LogP contribution < -0.4 is 4.90 Å². The van der Waals surface area contributed by atoms with Gasteiger partial charge in [-0.15, -0.1) is 11.3 Å². The molecule has 0 bridgehead atoms. The van der Waals surface area contributed by atoms with Gasteiger partial charge in [0, 0.05) is 50.2 Å². The summed E-state index contributed by atoms with van der Waals surface area (Å²) in [6, 6.07) is 0.420. The number of likely N-dealkylation sites (tertiary alicyclic amines) is 1. The Morgan fingerprint density at radius 1 is 1.52 bits per heavy atom. The Kier molecular flexibility index (Phi) is 4.77. The zero-order valence-corrected chi connectivity index (χ0v) is 14.7. The van der Waals surface area contributed by atoms with Crippen molar-refractivity contribution in [3.05, 3.63) is 29.0 Å². The number of carbonyl (C=O) groups excluding carboxylic acids is 1. The highest BCUT2D eigenvalue weighted by Crippen LogP contribution is 2.33. The van der Waals surface area contributed by atoms with Crippen molar-refractivity contribution in [1.82, 2.24) is 19.7 Å². The molecule has 0 radical (unpaired) electrons. The second kappa shape index (κ2) is 6.80. The van der Waals surface area contributed by atoms with E-state index in [1.165, 1.54) is 12.0 Å². The molecule has 0 spiro atoms.